The molecular formula is C25H22Cl2N2O. The predicted molar refractivity (Wildman–Crippen MR) is 123 cm³/mol. The van der Waals surface area contributed by atoms with Crippen molar-refractivity contribution in [3.8, 4) is 11.1 Å². The minimum Gasteiger partial charge on any atom is -0.299 e. The van der Waals surface area contributed by atoms with Crippen molar-refractivity contribution in [1.29, 1.82) is 0 Å². The summed E-state index contributed by atoms with van der Waals surface area (Å²) in [4.78, 5) is 20.1. The van der Waals surface area contributed by atoms with Crippen molar-refractivity contribution in [3.63, 3.8) is 0 Å². The first-order valence-electron chi connectivity index (χ1n) is 9.76. The minimum atomic E-state index is 0.0659. The van der Waals surface area contributed by atoms with E-state index >= 15 is 0 Å². The SMILES string of the molecule is [C-]#[N+]c1cc(-c2c(Cl)cc(CC(=O)Cc3cccnc3)cc2Cl)ccc1CC(C)C. The summed E-state index contributed by atoms with van der Waals surface area (Å²) in [5.41, 5.74) is 4.77. The van der Waals surface area contributed by atoms with Gasteiger partial charge in [-0.2, -0.15) is 0 Å². The van der Waals surface area contributed by atoms with Crippen LogP contribution in [0.3, 0.4) is 0 Å². The van der Waals surface area contributed by atoms with Gasteiger partial charge in [-0.1, -0.05) is 55.2 Å². The standard InChI is InChI=1S/C25H22Cl2N2O/c1-16(2)9-19-6-7-20(14-24(19)28-3)25-22(26)12-18(13-23(25)27)11-21(30)10-17-5-4-8-29-15-17/h4-8,12-16H,9-11H2,1-2H3. The Labute approximate surface area is 187 Å². The molecule has 3 aromatic rings. The Morgan fingerprint density at radius 1 is 1.07 bits per heavy atom. The minimum absolute atomic E-state index is 0.0659. The predicted octanol–water partition coefficient (Wildman–Crippen LogP) is 7.16. The molecule has 0 spiro atoms. The Bertz CT molecular complexity index is 1080. The van der Waals surface area contributed by atoms with Crippen molar-refractivity contribution in [2.75, 3.05) is 0 Å². The largest absolute Gasteiger partial charge is 0.299 e. The van der Waals surface area contributed by atoms with Gasteiger partial charge in [-0.3, -0.25) is 9.78 Å². The number of carbonyl (C=O) groups is 1. The maximum atomic E-state index is 12.4. The molecule has 2 aromatic carbocycles. The average Bonchev–Trinajstić information content (AvgIpc) is 2.68. The molecule has 30 heavy (non-hydrogen) atoms. The number of Topliss-reactive ketones (excluding diaryl/α,β-unsaturated/α-hetero) is 1. The van der Waals surface area contributed by atoms with E-state index in [0.717, 1.165) is 28.7 Å². The van der Waals surface area contributed by atoms with Crippen molar-refractivity contribution >= 4 is 34.7 Å². The topological polar surface area (TPSA) is 34.3 Å². The molecule has 1 aromatic heterocycles. The lowest BCUT2D eigenvalue weighted by Crippen LogP contribution is -2.07. The fourth-order valence-corrected chi connectivity index (χ4v) is 4.21. The van der Waals surface area contributed by atoms with Crippen LogP contribution in [0.25, 0.3) is 16.0 Å². The van der Waals surface area contributed by atoms with E-state index in [-0.39, 0.29) is 12.2 Å². The second kappa shape index (κ2) is 9.89. The first-order chi connectivity index (χ1) is 14.4. The van der Waals surface area contributed by atoms with Crippen molar-refractivity contribution in [2.45, 2.75) is 33.1 Å². The van der Waals surface area contributed by atoms with Gasteiger partial charge in [0.15, 0.2) is 5.69 Å². The number of aromatic nitrogens is 1. The van der Waals surface area contributed by atoms with Crippen molar-refractivity contribution < 1.29 is 4.79 Å². The van der Waals surface area contributed by atoms with Gasteiger partial charge in [-0.15, -0.1) is 0 Å². The highest BCUT2D eigenvalue weighted by molar-refractivity contribution is 6.39. The molecular weight excluding hydrogens is 415 g/mol. The van der Waals surface area contributed by atoms with Crippen LogP contribution in [-0.2, 0) is 24.1 Å². The third-order valence-electron chi connectivity index (χ3n) is 4.75. The Morgan fingerprint density at radius 3 is 2.37 bits per heavy atom. The zero-order valence-electron chi connectivity index (χ0n) is 17.0. The number of ketones is 1. The van der Waals surface area contributed by atoms with Gasteiger partial charge in [0, 0.05) is 30.8 Å². The Hall–Kier alpha value is -2.67. The third-order valence-corrected chi connectivity index (χ3v) is 5.35. The molecule has 0 saturated heterocycles. The Balaban J connectivity index is 1.84. The molecule has 0 aliphatic heterocycles. The van der Waals surface area contributed by atoms with Gasteiger partial charge in [0.1, 0.15) is 5.78 Å². The highest BCUT2D eigenvalue weighted by atomic mass is 35.5. The van der Waals surface area contributed by atoms with E-state index in [4.69, 9.17) is 29.8 Å². The van der Waals surface area contributed by atoms with Crippen LogP contribution < -0.4 is 0 Å². The van der Waals surface area contributed by atoms with Crippen LogP contribution in [0, 0.1) is 12.5 Å². The van der Waals surface area contributed by atoms with Crippen LogP contribution in [0.1, 0.15) is 30.5 Å². The molecule has 0 unspecified atom stereocenters. The fraction of sp³-hybridized carbons (Fsp3) is 0.240. The van der Waals surface area contributed by atoms with Gasteiger partial charge in [-0.05, 0) is 58.9 Å². The molecule has 0 amide bonds. The summed E-state index contributed by atoms with van der Waals surface area (Å²) in [6, 6.07) is 13.0. The number of hydrogen-bond acceptors (Lipinski definition) is 2. The lowest BCUT2D eigenvalue weighted by Gasteiger charge is -2.13. The van der Waals surface area contributed by atoms with Crippen LogP contribution in [0.2, 0.25) is 10.0 Å². The van der Waals surface area contributed by atoms with Gasteiger partial charge < -0.3 is 0 Å². The van der Waals surface area contributed by atoms with Crippen molar-refractivity contribution in [3.05, 3.63) is 93.0 Å². The fourth-order valence-electron chi connectivity index (χ4n) is 3.46. The zero-order chi connectivity index (χ0) is 21.7. The van der Waals surface area contributed by atoms with Crippen LogP contribution >= 0.6 is 23.2 Å². The number of halogens is 2. The summed E-state index contributed by atoms with van der Waals surface area (Å²) < 4.78 is 0. The lowest BCUT2D eigenvalue weighted by molar-refractivity contribution is -0.117. The maximum Gasteiger partial charge on any atom is 0.191 e. The molecule has 5 heteroatoms. The van der Waals surface area contributed by atoms with E-state index in [1.165, 1.54) is 0 Å². The number of pyridine rings is 1. The van der Waals surface area contributed by atoms with E-state index in [2.05, 4.69) is 23.7 Å². The lowest BCUT2D eigenvalue weighted by atomic mass is 9.96. The highest BCUT2D eigenvalue weighted by Gasteiger charge is 2.15. The molecule has 0 aliphatic rings. The molecule has 0 fully saturated rings. The second-order valence-electron chi connectivity index (χ2n) is 7.74. The van der Waals surface area contributed by atoms with E-state index < -0.39 is 0 Å². The van der Waals surface area contributed by atoms with Gasteiger partial charge in [-0.25, -0.2) is 4.85 Å². The number of hydrogen-bond donors (Lipinski definition) is 0. The van der Waals surface area contributed by atoms with Gasteiger partial charge >= 0.3 is 0 Å². The summed E-state index contributed by atoms with van der Waals surface area (Å²) in [5, 5.41) is 0.943. The molecule has 0 aliphatic carbocycles. The zero-order valence-corrected chi connectivity index (χ0v) is 18.5. The molecule has 0 N–H and O–H groups in total. The second-order valence-corrected chi connectivity index (χ2v) is 8.56. The summed E-state index contributed by atoms with van der Waals surface area (Å²) in [6.45, 7) is 11.8. The molecule has 0 radical (unpaired) electrons. The number of rotatable bonds is 7. The molecule has 152 valence electrons. The summed E-state index contributed by atoms with van der Waals surface area (Å²) in [5.74, 6) is 0.531. The van der Waals surface area contributed by atoms with Crippen molar-refractivity contribution in [1.82, 2.24) is 4.98 Å². The van der Waals surface area contributed by atoms with Gasteiger partial charge in [0.25, 0.3) is 0 Å². The van der Waals surface area contributed by atoms with Crippen molar-refractivity contribution in [2.24, 2.45) is 5.92 Å². The molecule has 1 heterocycles. The van der Waals surface area contributed by atoms with E-state index in [1.807, 2.05) is 30.3 Å². The normalized spacial score (nSPS) is 10.8. The van der Waals surface area contributed by atoms with E-state index in [1.54, 1.807) is 24.5 Å². The smallest absolute Gasteiger partial charge is 0.191 e. The first kappa shape index (κ1) is 22.0. The van der Waals surface area contributed by atoms with Crippen LogP contribution in [0.15, 0.2) is 54.9 Å². The number of carbonyl (C=O) groups excluding carboxylic acids is 1. The quantitative estimate of drug-likeness (QED) is 0.368. The van der Waals surface area contributed by atoms with Gasteiger partial charge in [0.05, 0.1) is 16.6 Å². The maximum absolute atomic E-state index is 12.4. The van der Waals surface area contributed by atoms with E-state index in [0.29, 0.717) is 33.6 Å². The molecule has 0 saturated carbocycles. The first-order valence-corrected chi connectivity index (χ1v) is 10.5. The average molecular weight is 437 g/mol. The summed E-state index contributed by atoms with van der Waals surface area (Å²) in [7, 11) is 0. The van der Waals surface area contributed by atoms with Gasteiger partial charge in [0.2, 0.25) is 0 Å². The number of nitrogens with zero attached hydrogens (tertiary/aromatic N) is 2. The van der Waals surface area contributed by atoms with Crippen LogP contribution in [-0.4, -0.2) is 10.8 Å². The molecule has 0 atom stereocenters. The Morgan fingerprint density at radius 2 is 1.77 bits per heavy atom. The van der Waals surface area contributed by atoms with Crippen LogP contribution in [0.5, 0.6) is 0 Å². The molecule has 0 bridgehead atoms. The summed E-state index contributed by atoms with van der Waals surface area (Å²) >= 11 is 13.1. The van der Waals surface area contributed by atoms with E-state index in [9.17, 15) is 4.79 Å². The molecule has 3 nitrogen and oxygen atoms in total. The third kappa shape index (κ3) is 5.48. The highest BCUT2D eigenvalue weighted by Crippen LogP contribution is 2.38. The summed E-state index contributed by atoms with van der Waals surface area (Å²) in [6.07, 6.45) is 4.78. The Kier molecular flexibility index (Phi) is 7.26. The number of benzene rings is 2. The van der Waals surface area contributed by atoms with Crippen LogP contribution in [0.4, 0.5) is 5.69 Å². The monoisotopic (exact) mass is 436 g/mol. The molecule has 3 rings (SSSR count).